The molecule has 29 heavy (non-hydrogen) atoms. The first-order valence-electron chi connectivity index (χ1n) is 10.4. The Morgan fingerprint density at radius 1 is 1.07 bits per heavy atom. The van der Waals surface area contributed by atoms with E-state index in [4.69, 9.17) is 9.47 Å². The first-order valence-corrected chi connectivity index (χ1v) is 10.4. The zero-order chi connectivity index (χ0) is 20.2. The summed E-state index contributed by atoms with van der Waals surface area (Å²) in [6, 6.07) is 8.08. The Hall–Kier alpha value is -2.76. The van der Waals surface area contributed by atoms with Crippen LogP contribution in [0.3, 0.4) is 0 Å². The monoisotopic (exact) mass is 395 g/mol. The number of nitrogens with one attached hydrogen (secondary N) is 1. The third-order valence-corrected chi connectivity index (χ3v) is 6.06. The fraction of sp³-hybridized carbons (Fsp3) is 0.478. The van der Waals surface area contributed by atoms with Crippen LogP contribution in [-0.2, 0) is 17.8 Å². The highest BCUT2D eigenvalue weighted by Crippen LogP contribution is 2.34. The van der Waals surface area contributed by atoms with Crippen molar-refractivity contribution in [3.05, 3.63) is 41.6 Å². The summed E-state index contributed by atoms with van der Waals surface area (Å²) in [5.41, 5.74) is 3.59. The number of fused-ring (bicyclic) bond motifs is 1. The molecule has 2 heterocycles. The van der Waals surface area contributed by atoms with Crippen LogP contribution in [0.25, 0.3) is 0 Å². The lowest BCUT2D eigenvalue weighted by Gasteiger charge is -2.31. The van der Waals surface area contributed by atoms with Crippen LogP contribution in [0.1, 0.15) is 43.2 Å². The molecule has 0 unspecified atom stereocenters. The normalized spacial score (nSPS) is 16.8. The second-order valence-corrected chi connectivity index (χ2v) is 7.87. The van der Waals surface area contributed by atoms with Crippen LogP contribution in [0.4, 0.5) is 11.5 Å². The maximum Gasteiger partial charge on any atom is 0.228 e. The van der Waals surface area contributed by atoms with Gasteiger partial charge in [-0.1, -0.05) is 19.3 Å². The van der Waals surface area contributed by atoms with E-state index in [1.807, 2.05) is 18.3 Å². The molecule has 1 N–H and O–H groups in total. The standard InChI is InChI=1S/C23H29N3O3/c1-28-20-12-17-10-11-26(15-18(17)13-21(20)29-2)19-8-9-22(24-14-19)25-23(27)16-6-4-3-5-7-16/h8-9,12-14,16H,3-7,10-11,15H2,1-2H3,(H,24,25,27). The summed E-state index contributed by atoms with van der Waals surface area (Å²) < 4.78 is 10.9. The van der Waals surface area contributed by atoms with Crippen LogP contribution in [0.15, 0.2) is 30.5 Å². The third kappa shape index (κ3) is 4.31. The summed E-state index contributed by atoms with van der Waals surface area (Å²) in [7, 11) is 3.33. The molecule has 154 valence electrons. The SMILES string of the molecule is COc1cc2c(cc1OC)CN(c1ccc(NC(=O)C3CCCCC3)nc1)CC2. The average molecular weight is 396 g/mol. The van der Waals surface area contributed by atoms with Crippen LogP contribution in [0, 0.1) is 5.92 Å². The minimum Gasteiger partial charge on any atom is -0.493 e. The van der Waals surface area contributed by atoms with E-state index in [1.54, 1.807) is 14.2 Å². The van der Waals surface area contributed by atoms with E-state index in [0.29, 0.717) is 5.82 Å². The number of methoxy groups -OCH3 is 2. The highest BCUT2D eigenvalue weighted by Gasteiger charge is 2.22. The van der Waals surface area contributed by atoms with Gasteiger partial charge in [-0.2, -0.15) is 0 Å². The number of carbonyl (C=O) groups excluding carboxylic acids is 1. The molecule has 6 nitrogen and oxygen atoms in total. The molecule has 1 fully saturated rings. The van der Waals surface area contributed by atoms with Gasteiger partial charge < -0.3 is 19.7 Å². The molecular formula is C23H29N3O3. The van der Waals surface area contributed by atoms with Crippen LogP contribution >= 0.6 is 0 Å². The molecule has 1 aromatic carbocycles. The Bertz CT molecular complexity index is 860. The summed E-state index contributed by atoms with van der Waals surface area (Å²) in [5, 5.41) is 2.99. The van der Waals surface area contributed by atoms with Gasteiger partial charge in [-0.3, -0.25) is 4.79 Å². The second kappa shape index (κ2) is 8.72. The van der Waals surface area contributed by atoms with Gasteiger partial charge in [0.25, 0.3) is 0 Å². The summed E-state index contributed by atoms with van der Waals surface area (Å²) in [4.78, 5) is 19.2. The molecule has 1 saturated carbocycles. The van der Waals surface area contributed by atoms with Crippen molar-refractivity contribution >= 4 is 17.4 Å². The van der Waals surface area contributed by atoms with Gasteiger partial charge in [0.2, 0.25) is 5.91 Å². The zero-order valence-corrected chi connectivity index (χ0v) is 17.2. The van der Waals surface area contributed by atoms with Gasteiger partial charge in [0.1, 0.15) is 5.82 Å². The molecule has 2 aliphatic rings. The van der Waals surface area contributed by atoms with Crippen molar-refractivity contribution in [2.75, 3.05) is 31.0 Å². The minimum absolute atomic E-state index is 0.109. The van der Waals surface area contributed by atoms with Crippen molar-refractivity contribution in [3.63, 3.8) is 0 Å². The number of hydrogen-bond acceptors (Lipinski definition) is 5. The van der Waals surface area contributed by atoms with Crippen molar-refractivity contribution in [1.29, 1.82) is 0 Å². The molecule has 1 aliphatic heterocycles. The number of amides is 1. The molecule has 6 heteroatoms. The van der Waals surface area contributed by atoms with Gasteiger partial charge in [-0.25, -0.2) is 4.98 Å². The predicted octanol–water partition coefficient (Wildman–Crippen LogP) is 4.18. The van der Waals surface area contributed by atoms with E-state index in [9.17, 15) is 4.79 Å². The number of pyridine rings is 1. The Morgan fingerprint density at radius 3 is 2.45 bits per heavy atom. The molecule has 0 radical (unpaired) electrons. The quantitative estimate of drug-likeness (QED) is 0.823. The number of anilines is 2. The van der Waals surface area contributed by atoms with Gasteiger partial charge in [0, 0.05) is 19.0 Å². The highest BCUT2D eigenvalue weighted by molar-refractivity contribution is 5.91. The Morgan fingerprint density at radius 2 is 1.79 bits per heavy atom. The molecule has 1 aliphatic carbocycles. The minimum atomic E-state index is 0.109. The van der Waals surface area contributed by atoms with Crippen molar-refractivity contribution in [2.24, 2.45) is 5.92 Å². The van der Waals surface area contributed by atoms with Gasteiger partial charge in [-0.05, 0) is 54.7 Å². The Balaban J connectivity index is 1.42. The summed E-state index contributed by atoms with van der Waals surface area (Å²) in [6.07, 6.45) is 8.32. The molecule has 1 amide bonds. The predicted molar refractivity (Wildman–Crippen MR) is 114 cm³/mol. The lowest BCUT2D eigenvalue weighted by Crippen LogP contribution is -2.30. The van der Waals surface area contributed by atoms with Gasteiger partial charge in [0.15, 0.2) is 11.5 Å². The maximum absolute atomic E-state index is 12.4. The Labute approximate surface area is 172 Å². The van der Waals surface area contributed by atoms with E-state index >= 15 is 0 Å². The van der Waals surface area contributed by atoms with Crippen molar-refractivity contribution in [1.82, 2.24) is 4.98 Å². The molecule has 0 bridgehead atoms. The summed E-state index contributed by atoms with van der Waals surface area (Å²) in [6.45, 7) is 1.71. The number of ether oxygens (including phenoxy) is 2. The molecule has 2 aromatic rings. The van der Waals surface area contributed by atoms with Crippen LogP contribution in [0.2, 0.25) is 0 Å². The molecule has 0 atom stereocenters. The molecule has 0 spiro atoms. The number of hydrogen-bond donors (Lipinski definition) is 1. The topological polar surface area (TPSA) is 63.7 Å². The van der Waals surface area contributed by atoms with Crippen LogP contribution in [0.5, 0.6) is 11.5 Å². The van der Waals surface area contributed by atoms with Crippen LogP contribution in [-0.4, -0.2) is 31.7 Å². The molecule has 4 rings (SSSR count). The number of nitrogens with zero attached hydrogens (tertiary/aromatic N) is 2. The molecule has 1 aromatic heterocycles. The highest BCUT2D eigenvalue weighted by atomic mass is 16.5. The van der Waals surface area contributed by atoms with Crippen LogP contribution < -0.4 is 19.7 Å². The smallest absolute Gasteiger partial charge is 0.228 e. The summed E-state index contributed by atoms with van der Waals surface area (Å²) >= 11 is 0. The number of aromatic nitrogens is 1. The third-order valence-electron chi connectivity index (χ3n) is 6.06. The fourth-order valence-corrected chi connectivity index (χ4v) is 4.34. The number of carbonyl (C=O) groups is 1. The first-order chi connectivity index (χ1) is 14.2. The first kappa shape index (κ1) is 19.6. The van der Waals surface area contributed by atoms with E-state index in [2.05, 4.69) is 27.3 Å². The number of rotatable bonds is 5. The van der Waals surface area contributed by atoms with Crippen molar-refractivity contribution in [2.45, 2.75) is 45.1 Å². The molecule has 0 saturated heterocycles. The zero-order valence-electron chi connectivity index (χ0n) is 17.2. The maximum atomic E-state index is 12.4. The largest absolute Gasteiger partial charge is 0.493 e. The lowest BCUT2D eigenvalue weighted by molar-refractivity contribution is -0.120. The molecular weight excluding hydrogens is 366 g/mol. The fourth-order valence-electron chi connectivity index (χ4n) is 4.34. The number of benzene rings is 1. The van der Waals surface area contributed by atoms with Gasteiger partial charge in [-0.15, -0.1) is 0 Å². The van der Waals surface area contributed by atoms with E-state index in [-0.39, 0.29) is 11.8 Å². The van der Waals surface area contributed by atoms with Crippen molar-refractivity contribution in [3.8, 4) is 11.5 Å². The average Bonchev–Trinajstić information content (AvgIpc) is 2.78. The summed E-state index contributed by atoms with van der Waals surface area (Å²) in [5.74, 6) is 2.41. The van der Waals surface area contributed by atoms with E-state index < -0.39 is 0 Å². The van der Waals surface area contributed by atoms with E-state index in [0.717, 1.165) is 62.4 Å². The van der Waals surface area contributed by atoms with Gasteiger partial charge in [0.05, 0.1) is 26.1 Å². The Kier molecular flexibility index (Phi) is 5.88. The lowest BCUT2D eigenvalue weighted by atomic mass is 9.89. The van der Waals surface area contributed by atoms with E-state index in [1.165, 1.54) is 17.5 Å². The second-order valence-electron chi connectivity index (χ2n) is 7.87. The van der Waals surface area contributed by atoms with Crippen molar-refractivity contribution < 1.29 is 14.3 Å². The van der Waals surface area contributed by atoms with Gasteiger partial charge >= 0.3 is 0 Å².